The summed E-state index contributed by atoms with van der Waals surface area (Å²) >= 11 is 0. The minimum atomic E-state index is 0.410. The number of phenols is 1. The van der Waals surface area contributed by atoms with Crippen molar-refractivity contribution in [2.45, 2.75) is 46.0 Å². The summed E-state index contributed by atoms with van der Waals surface area (Å²) < 4.78 is 1.06. The van der Waals surface area contributed by atoms with Crippen LogP contribution in [-0.2, 0) is 0 Å². The fourth-order valence-electron chi connectivity index (χ4n) is 4.69. The summed E-state index contributed by atoms with van der Waals surface area (Å²) in [4.78, 5) is 2.65. The van der Waals surface area contributed by atoms with E-state index in [1.165, 1.54) is 77.1 Å². The van der Waals surface area contributed by atoms with Gasteiger partial charge in [-0.15, -0.1) is 0 Å². The number of hydrogen-bond acceptors (Lipinski definition) is 2. The monoisotopic (exact) mass is 331 g/mol. The maximum Gasteiger partial charge on any atom is 0.136 e. The van der Waals surface area contributed by atoms with Crippen LogP contribution in [0.4, 0.5) is 5.69 Å². The molecule has 2 aliphatic heterocycles. The van der Waals surface area contributed by atoms with Gasteiger partial charge in [-0.3, -0.25) is 4.48 Å². The molecule has 134 valence electrons. The van der Waals surface area contributed by atoms with Crippen LogP contribution in [0.5, 0.6) is 5.75 Å². The van der Waals surface area contributed by atoms with Crippen LogP contribution in [0.1, 0.15) is 46.0 Å². The molecule has 3 heteroatoms. The second-order valence-electron chi connectivity index (χ2n) is 8.29. The van der Waals surface area contributed by atoms with E-state index in [1.54, 1.807) is 6.07 Å². The van der Waals surface area contributed by atoms with Crippen molar-refractivity contribution in [2.24, 2.45) is 11.8 Å². The normalized spacial score (nSPS) is 31.9. The summed E-state index contributed by atoms with van der Waals surface area (Å²) in [6.07, 6.45) is 6.72. The second kappa shape index (κ2) is 7.88. The van der Waals surface area contributed by atoms with Crippen LogP contribution in [0, 0.1) is 11.8 Å². The molecule has 0 aliphatic carbocycles. The number of hydrogen-bond donors (Lipinski definition) is 1. The average Bonchev–Trinajstić information content (AvgIpc) is 2.59. The molecule has 0 bridgehead atoms. The molecular formula is C21H35N2O+. The first-order chi connectivity index (χ1) is 11.6. The van der Waals surface area contributed by atoms with Crippen molar-refractivity contribution in [1.82, 2.24) is 9.38 Å². The third-order valence-electron chi connectivity index (χ3n) is 6.51. The zero-order chi connectivity index (χ0) is 17.0. The van der Waals surface area contributed by atoms with E-state index in [0.717, 1.165) is 16.3 Å². The Bertz CT molecular complexity index is 526. The largest absolute Gasteiger partial charge is 0.508 e. The smallest absolute Gasteiger partial charge is 0.136 e. The highest BCUT2D eigenvalue weighted by Crippen LogP contribution is 2.35. The van der Waals surface area contributed by atoms with E-state index in [1.807, 2.05) is 12.1 Å². The van der Waals surface area contributed by atoms with Crippen LogP contribution in [0.15, 0.2) is 24.3 Å². The van der Waals surface area contributed by atoms with Gasteiger partial charge in [-0.2, -0.15) is 0 Å². The molecule has 3 nitrogen and oxygen atoms in total. The zero-order valence-electron chi connectivity index (χ0n) is 15.6. The number of aromatic hydroxyl groups is 1. The molecule has 2 fully saturated rings. The van der Waals surface area contributed by atoms with Crippen LogP contribution in [-0.4, -0.2) is 49.3 Å². The Morgan fingerprint density at radius 3 is 2.62 bits per heavy atom. The van der Waals surface area contributed by atoms with E-state index in [2.05, 4.69) is 24.8 Å². The first-order valence-corrected chi connectivity index (χ1v) is 9.97. The van der Waals surface area contributed by atoms with E-state index in [0.29, 0.717) is 5.75 Å². The minimum absolute atomic E-state index is 0.410. The third kappa shape index (κ3) is 4.12. The molecule has 0 radical (unpaired) electrons. The lowest BCUT2D eigenvalue weighted by Gasteiger charge is -2.46. The predicted molar refractivity (Wildman–Crippen MR) is 102 cm³/mol. The van der Waals surface area contributed by atoms with Crippen molar-refractivity contribution in [3.05, 3.63) is 24.3 Å². The number of rotatable bonds is 5. The SMILES string of the molecule is C[C@H]1CC[N+](CCCN2CCCCC2)(c2cccc(O)c2)C[C@@H]1C. The predicted octanol–water partition coefficient (Wildman–Crippen LogP) is 4.25. The van der Waals surface area contributed by atoms with Gasteiger partial charge in [-0.25, -0.2) is 0 Å². The molecule has 1 N–H and O–H groups in total. The van der Waals surface area contributed by atoms with Gasteiger partial charge in [0.25, 0.3) is 0 Å². The summed E-state index contributed by atoms with van der Waals surface area (Å²) in [5.74, 6) is 1.97. The van der Waals surface area contributed by atoms with Crippen LogP contribution in [0.25, 0.3) is 0 Å². The molecular weight excluding hydrogens is 296 g/mol. The lowest BCUT2D eigenvalue weighted by Crippen LogP contribution is -2.57. The highest BCUT2D eigenvalue weighted by atomic mass is 16.3. The molecule has 0 aromatic heterocycles. The lowest BCUT2D eigenvalue weighted by molar-refractivity contribution is 0.131. The van der Waals surface area contributed by atoms with Gasteiger partial charge in [0.2, 0.25) is 0 Å². The van der Waals surface area contributed by atoms with Gasteiger partial charge in [0, 0.05) is 31.4 Å². The molecule has 24 heavy (non-hydrogen) atoms. The fourth-order valence-corrected chi connectivity index (χ4v) is 4.69. The first kappa shape index (κ1) is 17.8. The molecule has 1 aromatic rings. The lowest BCUT2D eigenvalue weighted by atomic mass is 9.86. The third-order valence-corrected chi connectivity index (χ3v) is 6.51. The molecule has 0 amide bonds. The Balaban J connectivity index is 1.70. The van der Waals surface area contributed by atoms with Crippen molar-refractivity contribution in [2.75, 3.05) is 39.3 Å². The molecule has 2 heterocycles. The Morgan fingerprint density at radius 1 is 1.12 bits per heavy atom. The first-order valence-electron chi connectivity index (χ1n) is 9.97. The van der Waals surface area contributed by atoms with Crippen molar-refractivity contribution in [1.29, 1.82) is 0 Å². The van der Waals surface area contributed by atoms with Gasteiger partial charge in [-0.05, 0) is 44.0 Å². The molecule has 3 rings (SSSR count). The summed E-state index contributed by atoms with van der Waals surface area (Å²) in [5, 5.41) is 9.99. The Hall–Kier alpha value is -1.06. The van der Waals surface area contributed by atoms with Crippen LogP contribution >= 0.6 is 0 Å². The van der Waals surface area contributed by atoms with Crippen molar-refractivity contribution in [3.63, 3.8) is 0 Å². The van der Waals surface area contributed by atoms with Gasteiger partial charge in [-0.1, -0.05) is 26.3 Å². The summed E-state index contributed by atoms with van der Waals surface area (Å²) in [5.41, 5.74) is 1.31. The topological polar surface area (TPSA) is 23.5 Å². The summed E-state index contributed by atoms with van der Waals surface area (Å²) in [6.45, 7) is 12.3. The van der Waals surface area contributed by atoms with Crippen molar-refractivity contribution in [3.8, 4) is 5.75 Å². The van der Waals surface area contributed by atoms with Gasteiger partial charge < -0.3 is 10.0 Å². The minimum Gasteiger partial charge on any atom is -0.508 e. The zero-order valence-corrected chi connectivity index (χ0v) is 15.6. The number of likely N-dealkylation sites (tertiary alicyclic amines) is 2. The van der Waals surface area contributed by atoms with Gasteiger partial charge in [0.15, 0.2) is 0 Å². The van der Waals surface area contributed by atoms with Gasteiger partial charge in [0.1, 0.15) is 11.4 Å². The molecule has 1 aromatic carbocycles. The highest BCUT2D eigenvalue weighted by Gasteiger charge is 2.38. The maximum absolute atomic E-state index is 9.99. The molecule has 0 saturated carbocycles. The number of quaternary nitrogens is 1. The van der Waals surface area contributed by atoms with E-state index in [4.69, 9.17) is 0 Å². The van der Waals surface area contributed by atoms with Crippen molar-refractivity contribution >= 4 is 5.69 Å². The van der Waals surface area contributed by atoms with Crippen molar-refractivity contribution < 1.29 is 5.11 Å². The van der Waals surface area contributed by atoms with Crippen LogP contribution in [0.2, 0.25) is 0 Å². The number of phenolic OH excluding ortho intramolecular Hbond substituents is 1. The molecule has 3 atom stereocenters. The van der Waals surface area contributed by atoms with Crippen LogP contribution in [0.3, 0.4) is 0 Å². The van der Waals surface area contributed by atoms with E-state index in [-0.39, 0.29) is 0 Å². The Morgan fingerprint density at radius 2 is 1.92 bits per heavy atom. The van der Waals surface area contributed by atoms with E-state index in [9.17, 15) is 5.11 Å². The Labute approximate surface area is 147 Å². The van der Waals surface area contributed by atoms with Crippen LogP contribution < -0.4 is 4.48 Å². The summed E-state index contributed by atoms with van der Waals surface area (Å²) in [7, 11) is 0. The standard InChI is InChI=1S/C21H34N2O/c1-18-10-15-23(17-19(18)2,20-8-6-9-21(24)16-20)14-7-13-22-11-4-3-5-12-22/h6,8-9,16,18-19H,3-5,7,10-15,17H2,1-2H3/p+1/t18-,19-,23?/m0/s1. The highest BCUT2D eigenvalue weighted by molar-refractivity contribution is 5.47. The van der Waals surface area contributed by atoms with E-state index < -0.39 is 0 Å². The molecule has 0 spiro atoms. The molecule has 1 unspecified atom stereocenters. The fraction of sp³-hybridized carbons (Fsp3) is 0.714. The van der Waals surface area contributed by atoms with E-state index >= 15 is 0 Å². The number of nitrogens with zero attached hydrogens (tertiary/aromatic N) is 2. The van der Waals surface area contributed by atoms with Gasteiger partial charge in [0.05, 0.1) is 19.6 Å². The maximum atomic E-state index is 9.99. The number of piperidine rings is 2. The second-order valence-corrected chi connectivity index (χ2v) is 8.29. The number of benzene rings is 1. The quantitative estimate of drug-likeness (QED) is 0.815. The van der Waals surface area contributed by atoms with Gasteiger partial charge >= 0.3 is 0 Å². The average molecular weight is 332 g/mol. The Kier molecular flexibility index (Phi) is 5.83. The summed E-state index contributed by atoms with van der Waals surface area (Å²) in [6, 6.07) is 8.04. The molecule has 2 aliphatic rings. The molecule has 2 saturated heterocycles.